The normalized spacial score (nSPS) is 18.8. The van der Waals surface area contributed by atoms with Gasteiger partial charge in [0.1, 0.15) is 11.1 Å². The number of aromatic nitrogens is 1. The maximum atomic E-state index is 12.6. The van der Waals surface area contributed by atoms with E-state index in [0.717, 1.165) is 0 Å². The second kappa shape index (κ2) is 6.12. The molecular formula is C19H18N4O2. The molecule has 1 saturated heterocycles. The molecule has 1 spiro atoms. The SMILES string of the molecule is O=C(c1ccccc1)N1CCC2(CC1)C(=O)NN=C2c1ccccn1. The molecule has 2 amide bonds. The average molecular weight is 334 g/mol. The maximum absolute atomic E-state index is 12.6. The van der Waals surface area contributed by atoms with Crippen LogP contribution in [0.3, 0.4) is 0 Å². The Labute approximate surface area is 145 Å². The van der Waals surface area contributed by atoms with E-state index in [1.165, 1.54) is 0 Å². The van der Waals surface area contributed by atoms with Gasteiger partial charge in [-0.1, -0.05) is 24.3 Å². The van der Waals surface area contributed by atoms with Gasteiger partial charge < -0.3 is 4.90 Å². The number of likely N-dealkylation sites (tertiary alicyclic amines) is 1. The summed E-state index contributed by atoms with van der Waals surface area (Å²) in [6.45, 7) is 1.04. The van der Waals surface area contributed by atoms with E-state index in [1.807, 2.05) is 53.4 Å². The number of hydrazone groups is 1. The van der Waals surface area contributed by atoms with Crippen molar-refractivity contribution in [2.45, 2.75) is 12.8 Å². The van der Waals surface area contributed by atoms with Crippen LogP contribution in [-0.2, 0) is 4.79 Å². The Morgan fingerprint density at radius 2 is 1.76 bits per heavy atom. The molecule has 126 valence electrons. The number of rotatable bonds is 2. The fourth-order valence-corrected chi connectivity index (χ4v) is 3.55. The molecule has 25 heavy (non-hydrogen) atoms. The van der Waals surface area contributed by atoms with Gasteiger partial charge in [-0.05, 0) is 37.1 Å². The molecule has 2 aliphatic rings. The molecule has 0 radical (unpaired) electrons. The Hall–Kier alpha value is -3.02. The Morgan fingerprint density at radius 3 is 2.44 bits per heavy atom. The number of nitrogens with one attached hydrogen (secondary N) is 1. The standard InChI is InChI=1S/C19H18N4O2/c24-17(14-6-2-1-3-7-14)23-12-9-19(10-13-23)16(21-22-18(19)25)15-8-4-5-11-20-15/h1-8,11H,9-10,12-13H2,(H,22,25). The Morgan fingerprint density at radius 1 is 1.04 bits per heavy atom. The summed E-state index contributed by atoms with van der Waals surface area (Å²) in [5.74, 6) is -0.0925. The Balaban J connectivity index is 1.55. The molecule has 6 heteroatoms. The number of piperidine rings is 1. The molecule has 0 aliphatic carbocycles. The van der Waals surface area contributed by atoms with Gasteiger partial charge in [-0.25, -0.2) is 5.43 Å². The fourth-order valence-electron chi connectivity index (χ4n) is 3.55. The molecule has 0 bridgehead atoms. The lowest BCUT2D eigenvalue weighted by Gasteiger charge is -2.37. The van der Waals surface area contributed by atoms with Crippen molar-refractivity contribution in [1.82, 2.24) is 15.3 Å². The van der Waals surface area contributed by atoms with Crippen LogP contribution in [0.5, 0.6) is 0 Å². The lowest BCUT2D eigenvalue weighted by Crippen LogP contribution is -2.50. The highest BCUT2D eigenvalue weighted by Gasteiger charge is 2.50. The first-order valence-electron chi connectivity index (χ1n) is 8.35. The predicted molar refractivity (Wildman–Crippen MR) is 92.9 cm³/mol. The van der Waals surface area contributed by atoms with Gasteiger partial charge in [0.15, 0.2) is 0 Å². The van der Waals surface area contributed by atoms with Gasteiger partial charge >= 0.3 is 0 Å². The molecule has 2 aromatic rings. The summed E-state index contributed by atoms with van der Waals surface area (Å²) in [6.07, 6.45) is 2.79. The minimum absolute atomic E-state index is 0.00480. The minimum Gasteiger partial charge on any atom is -0.339 e. The van der Waals surface area contributed by atoms with Crippen molar-refractivity contribution < 1.29 is 9.59 Å². The first-order chi connectivity index (χ1) is 12.2. The number of pyridine rings is 1. The van der Waals surface area contributed by atoms with Crippen LogP contribution < -0.4 is 5.43 Å². The molecule has 4 rings (SSSR count). The molecule has 1 aromatic heterocycles. The molecule has 0 atom stereocenters. The molecule has 1 N–H and O–H groups in total. The van der Waals surface area contributed by atoms with Crippen LogP contribution in [0.25, 0.3) is 0 Å². The topological polar surface area (TPSA) is 74.7 Å². The Kier molecular flexibility index (Phi) is 3.80. The maximum Gasteiger partial charge on any atom is 0.253 e. The highest BCUT2D eigenvalue weighted by Crippen LogP contribution is 2.38. The van der Waals surface area contributed by atoms with E-state index in [1.54, 1.807) is 6.20 Å². The summed E-state index contributed by atoms with van der Waals surface area (Å²) in [6, 6.07) is 14.8. The monoisotopic (exact) mass is 334 g/mol. The van der Waals surface area contributed by atoms with Gasteiger partial charge in [0.05, 0.1) is 5.69 Å². The van der Waals surface area contributed by atoms with Crippen LogP contribution in [0.15, 0.2) is 59.8 Å². The number of carbonyl (C=O) groups is 2. The van der Waals surface area contributed by atoms with Gasteiger partial charge in [0.2, 0.25) is 0 Å². The van der Waals surface area contributed by atoms with Gasteiger partial charge in [-0.3, -0.25) is 14.6 Å². The zero-order chi connectivity index (χ0) is 17.3. The van der Waals surface area contributed by atoms with Crippen molar-refractivity contribution in [3.8, 4) is 0 Å². The Bertz CT molecular complexity index is 825. The van der Waals surface area contributed by atoms with E-state index in [9.17, 15) is 9.59 Å². The summed E-state index contributed by atoms with van der Waals surface area (Å²) >= 11 is 0. The van der Waals surface area contributed by atoms with Crippen molar-refractivity contribution >= 4 is 17.5 Å². The largest absolute Gasteiger partial charge is 0.339 e. The van der Waals surface area contributed by atoms with Crippen LogP contribution in [0, 0.1) is 5.41 Å². The van der Waals surface area contributed by atoms with Gasteiger partial charge in [0, 0.05) is 24.8 Å². The highest BCUT2D eigenvalue weighted by atomic mass is 16.2. The summed E-state index contributed by atoms with van der Waals surface area (Å²) in [4.78, 5) is 31.3. The van der Waals surface area contributed by atoms with Crippen LogP contribution in [0.1, 0.15) is 28.9 Å². The average Bonchev–Trinajstić information content (AvgIpc) is 2.99. The highest BCUT2D eigenvalue weighted by molar-refractivity contribution is 6.19. The number of amides is 2. The smallest absolute Gasteiger partial charge is 0.253 e. The van der Waals surface area contributed by atoms with Crippen LogP contribution in [0.2, 0.25) is 0 Å². The second-order valence-corrected chi connectivity index (χ2v) is 6.36. The summed E-state index contributed by atoms with van der Waals surface area (Å²) in [7, 11) is 0. The number of hydrogen-bond donors (Lipinski definition) is 1. The lowest BCUT2D eigenvalue weighted by atomic mass is 9.73. The van der Waals surface area contributed by atoms with E-state index in [0.29, 0.717) is 42.9 Å². The lowest BCUT2D eigenvalue weighted by molar-refractivity contribution is -0.127. The van der Waals surface area contributed by atoms with E-state index < -0.39 is 5.41 Å². The second-order valence-electron chi connectivity index (χ2n) is 6.36. The third-order valence-electron chi connectivity index (χ3n) is 4.99. The van der Waals surface area contributed by atoms with Crippen molar-refractivity contribution in [1.29, 1.82) is 0 Å². The zero-order valence-electron chi connectivity index (χ0n) is 13.7. The minimum atomic E-state index is -0.693. The molecule has 0 unspecified atom stereocenters. The van der Waals surface area contributed by atoms with Crippen LogP contribution >= 0.6 is 0 Å². The predicted octanol–water partition coefficient (Wildman–Crippen LogP) is 1.84. The van der Waals surface area contributed by atoms with Gasteiger partial charge in [0.25, 0.3) is 11.8 Å². The third-order valence-corrected chi connectivity index (χ3v) is 4.99. The van der Waals surface area contributed by atoms with Crippen LogP contribution in [-0.4, -0.2) is 40.5 Å². The molecular weight excluding hydrogens is 316 g/mol. The molecule has 2 aliphatic heterocycles. The van der Waals surface area contributed by atoms with Crippen molar-refractivity contribution in [3.05, 3.63) is 66.0 Å². The van der Waals surface area contributed by atoms with E-state index in [-0.39, 0.29) is 11.8 Å². The molecule has 0 saturated carbocycles. The first kappa shape index (κ1) is 15.5. The number of benzene rings is 1. The van der Waals surface area contributed by atoms with Crippen LogP contribution in [0.4, 0.5) is 0 Å². The van der Waals surface area contributed by atoms with Gasteiger partial charge in [-0.2, -0.15) is 5.10 Å². The molecule has 6 nitrogen and oxygen atoms in total. The number of carbonyl (C=O) groups excluding carboxylic acids is 2. The molecule has 3 heterocycles. The summed E-state index contributed by atoms with van der Waals surface area (Å²) in [5.41, 5.74) is 3.99. The van der Waals surface area contributed by atoms with E-state index >= 15 is 0 Å². The molecule has 1 aromatic carbocycles. The van der Waals surface area contributed by atoms with Crippen molar-refractivity contribution in [3.63, 3.8) is 0 Å². The molecule has 1 fully saturated rings. The van der Waals surface area contributed by atoms with Crippen molar-refractivity contribution in [2.24, 2.45) is 10.5 Å². The van der Waals surface area contributed by atoms with E-state index in [2.05, 4.69) is 15.5 Å². The summed E-state index contributed by atoms with van der Waals surface area (Å²) in [5, 5.41) is 4.24. The quantitative estimate of drug-likeness (QED) is 0.910. The van der Waals surface area contributed by atoms with Crippen molar-refractivity contribution in [2.75, 3.05) is 13.1 Å². The van der Waals surface area contributed by atoms with Gasteiger partial charge in [-0.15, -0.1) is 0 Å². The number of hydrogen-bond acceptors (Lipinski definition) is 4. The number of nitrogens with zero attached hydrogens (tertiary/aromatic N) is 3. The fraction of sp³-hybridized carbons (Fsp3) is 0.263. The van der Waals surface area contributed by atoms with E-state index in [4.69, 9.17) is 0 Å². The first-order valence-corrected chi connectivity index (χ1v) is 8.35. The third kappa shape index (κ3) is 2.59. The summed E-state index contributed by atoms with van der Waals surface area (Å²) < 4.78 is 0. The zero-order valence-corrected chi connectivity index (χ0v) is 13.7.